The van der Waals surface area contributed by atoms with Gasteiger partial charge in [0, 0.05) is 29.9 Å². The van der Waals surface area contributed by atoms with Gasteiger partial charge in [0.2, 0.25) is 0 Å². The number of nitrogens with one attached hydrogen (secondary N) is 1. The SMILES string of the molecule is CC(=O)c1ccc(N2CC[NH+](CC(=O)N(C)Cc3cccc(Cl)c3)CC2)cc1. The molecule has 0 saturated carbocycles. The summed E-state index contributed by atoms with van der Waals surface area (Å²) in [7, 11) is 1.84. The largest absolute Gasteiger partial charge is 0.360 e. The van der Waals surface area contributed by atoms with Crippen molar-refractivity contribution in [3.63, 3.8) is 0 Å². The molecule has 0 aromatic heterocycles. The Hall–Kier alpha value is -2.37. The molecule has 0 unspecified atom stereocenters. The molecule has 0 spiro atoms. The van der Waals surface area contributed by atoms with Crippen LogP contribution in [-0.2, 0) is 11.3 Å². The maximum Gasteiger partial charge on any atom is 0.277 e. The molecule has 1 fully saturated rings. The molecular weight excluding hydrogens is 374 g/mol. The van der Waals surface area contributed by atoms with Gasteiger partial charge in [0.05, 0.1) is 26.2 Å². The van der Waals surface area contributed by atoms with Crippen molar-refractivity contribution in [2.45, 2.75) is 13.5 Å². The molecule has 2 aromatic rings. The van der Waals surface area contributed by atoms with Crippen LogP contribution in [0.2, 0.25) is 5.02 Å². The topological polar surface area (TPSA) is 45.1 Å². The minimum atomic E-state index is 0.0845. The standard InChI is InChI=1S/C22H26ClN3O2/c1-17(27)19-6-8-21(9-7-19)26-12-10-25(11-13-26)16-22(28)24(2)15-18-4-3-5-20(23)14-18/h3-9,14H,10-13,15-16H2,1-2H3/p+1. The molecule has 0 radical (unpaired) electrons. The number of halogens is 1. The Bertz CT molecular complexity index is 830. The first-order chi connectivity index (χ1) is 13.4. The fourth-order valence-corrected chi connectivity index (χ4v) is 3.72. The number of carbonyl (C=O) groups excluding carboxylic acids is 2. The van der Waals surface area contributed by atoms with Crippen molar-refractivity contribution in [1.29, 1.82) is 0 Å². The van der Waals surface area contributed by atoms with Crippen molar-refractivity contribution >= 4 is 29.0 Å². The van der Waals surface area contributed by atoms with Crippen molar-refractivity contribution < 1.29 is 14.5 Å². The van der Waals surface area contributed by atoms with Crippen LogP contribution in [0.25, 0.3) is 0 Å². The zero-order valence-electron chi connectivity index (χ0n) is 16.5. The van der Waals surface area contributed by atoms with Gasteiger partial charge in [0.15, 0.2) is 12.3 Å². The minimum Gasteiger partial charge on any atom is -0.360 e. The van der Waals surface area contributed by atoms with Gasteiger partial charge in [-0.3, -0.25) is 9.59 Å². The first-order valence-electron chi connectivity index (χ1n) is 9.60. The third-order valence-corrected chi connectivity index (χ3v) is 5.48. The number of likely N-dealkylation sites (N-methyl/N-ethyl adjacent to an activating group) is 1. The highest BCUT2D eigenvalue weighted by Crippen LogP contribution is 2.15. The normalized spacial score (nSPS) is 14.8. The van der Waals surface area contributed by atoms with Crippen LogP contribution >= 0.6 is 11.6 Å². The summed E-state index contributed by atoms with van der Waals surface area (Å²) in [4.78, 5) is 29.4. The van der Waals surface area contributed by atoms with E-state index < -0.39 is 0 Å². The second-order valence-electron chi connectivity index (χ2n) is 7.40. The highest BCUT2D eigenvalue weighted by molar-refractivity contribution is 6.30. The Morgan fingerprint density at radius 3 is 2.39 bits per heavy atom. The molecule has 6 heteroatoms. The number of piperazine rings is 1. The lowest BCUT2D eigenvalue weighted by Crippen LogP contribution is -3.15. The monoisotopic (exact) mass is 400 g/mol. The molecule has 5 nitrogen and oxygen atoms in total. The van der Waals surface area contributed by atoms with E-state index in [2.05, 4.69) is 4.90 Å². The smallest absolute Gasteiger partial charge is 0.277 e. The van der Waals surface area contributed by atoms with Gasteiger partial charge in [-0.1, -0.05) is 23.7 Å². The first kappa shape index (κ1) is 20.4. The Labute approximate surface area is 171 Å². The zero-order chi connectivity index (χ0) is 20.1. The van der Waals surface area contributed by atoms with Gasteiger partial charge in [0.25, 0.3) is 5.91 Å². The number of nitrogens with zero attached hydrogens (tertiary/aromatic N) is 2. The molecule has 148 valence electrons. The Morgan fingerprint density at radius 1 is 1.11 bits per heavy atom. The summed E-state index contributed by atoms with van der Waals surface area (Å²) in [6, 6.07) is 15.4. The lowest BCUT2D eigenvalue weighted by atomic mass is 10.1. The molecule has 28 heavy (non-hydrogen) atoms. The van der Waals surface area contributed by atoms with Crippen LogP contribution in [0.1, 0.15) is 22.8 Å². The number of anilines is 1. The second kappa shape index (κ2) is 9.22. The molecule has 1 N–H and O–H groups in total. The van der Waals surface area contributed by atoms with Crippen LogP contribution in [0, 0.1) is 0 Å². The van der Waals surface area contributed by atoms with Gasteiger partial charge in [0.1, 0.15) is 0 Å². The van der Waals surface area contributed by atoms with Crippen molar-refractivity contribution in [3.8, 4) is 0 Å². The summed E-state index contributed by atoms with van der Waals surface area (Å²) in [5.41, 5.74) is 2.91. The molecule has 1 aliphatic rings. The molecule has 2 aromatic carbocycles. The molecule has 1 saturated heterocycles. The Balaban J connectivity index is 1.48. The molecular formula is C22H27ClN3O2+. The van der Waals surface area contributed by atoms with Crippen molar-refractivity contribution in [2.24, 2.45) is 0 Å². The van der Waals surface area contributed by atoms with Gasteiger partial charge in [-0.05, 0) is 48.9 Å². The lowest BCUT2D eigenvalue weighted by molar-refractivity contribution is -0.892. The van der Waals surface area contributed by atoms with Crippen molar-refractivity contribution in [1.82, 2.24) is 4.90 Å². The second-order valence-corrected chi connectivity index (χ2v) is 7.83. The van der Waals surface area contributed by atoms with Crippen LogP contribution in [0.5, 0.6) is 0 Å². The van der Waals surface area contributed by atoms with E-state index in [1.54, 1.807) is 11.8 Å². The van der Waals surface area contributed by atoms with E-state index in [4.69, 9.17) is 11.6 Å². The molecule has 3 rings (SSSR count). The summed E-state index contributed by atoms with van der Waals surface area (Å²) < 4.78 is 0. The highest BCUT2D eigenvalue weighted by Gasteiger charge is 2.24. The Kier molecular flexibility index (Phi) is 6.70. The molecule has 1 amide bonds. The predicted octanol–water partition coefficient (Wildman–Crippen LogP) is 1.91. The lowest BCUT2D eigenvalue weighted by Gasteiger charge is -2.34. The maximum atomic E-state index is 12.6. The molecule has 0 bridgehead atoms. The van der Waals surface area contributed by atoms with Crippen molar-refractivity contribution in [3.05, 3.63) is 64.7 Å². The molecule has 1 heterocycles. The van der Waals surface area contributed by atoms with E-state index in [-0.39, 0.29) is 11.7 Å². The van der Waals surface area contributed by atoms with E-state index in [1.807, 2.05) is 55.6 Å². The number of amides is 1. The van der Waals surface area contributed by atoms with E-state index in [0.29, 0.717) is 18.1 Å². The minimum absolute atomic E-state index is 0.0845. The van der Waals surface area contributed by atoms with E-state index in [9.17, 15) is 9.59 Å². The average molecular weight is 401 g/mol. The number of rotatable bonds is 6. The third-order valence-electron chi connectivity index (χ3n) is 5.25. The zero-order valence-corrected chi connectivity index (χ0v) is 17.2. The fourth-order valence-electron chi connectivity index (χ4n) is 3.51. The summed E-state index contributed by atoms with van der Waals surface area (Å²) in [5.74, 6) is 0.232. The Morgan fingerprint density at radius 2 is 1.79 bits per heavy atom. The number of carbonyl (C=O) groups is 2. The quantitative estimate of drug-likeness (QED) is 0.753. The number of hydrogen-bond acceptors (Lipinski definition) is 3. The molecule has 0 aliphatic carbocycles. The summed E-state index contributed by atoms with van der Waals surface area (Å²) in [6.07, 6.45) is 0. The van der Waals surface area contributed by atoms with Crippen LogP contribution in [0.15, 0.2) is 48.5 Å². The van der Waals surface area contributed by atoms with Crippen molar-refractivity contribution in [2.75, 3.05) is 44.7 Å². The third kappa shape index (κ3) is 5.33. The van der Waals surface area contributed by atoms with Gasteiger partial charge >= 0.3 is 0 Å². The fraction of sp³-hybridized carbons (Fsp3) is 0.364. The number of benzene rings is 2. The van der Waals surface area contributed by atoms with E-state index in [0.717, 1.165) is 43.0 Å². The number of Topliss-reactive ketones (excluding diaryl/α,β-unsaturated/α-hetero) is 1. The highest BCUT2D eigenvalue weighted by atomic mass is 35.5. The number of hydrogen-bond donors (Lipinski definition) is 1. The van der Waals surface area contributed by atoms with Gasteiger partial charge in [-0.2, -0.15) is 0 Å². The molecule has 0 atom stereocenters. The number of quaternary nitrogens is 1. The van der Waals surface area contributed by atoms with Crippen LogP contribution in [0.3, 0.4) is 0 Å². The van der Waals surface area contributed by atoms with Gasteiger partial charge in [-0.25, -0.2) is 0 Å². The summed E-state index contributed by atoms with van der Waals surface area (Å²) in [5, 5.41) is 0.691. The van der Waals surface area contributed by atoms with E-state index >= 15 is 0 Å². The number of ketones is 1. The van der Waals surface area contributed by atoms with Crippen LogP contribution in [0.4, 0.5) is 5.69 Å². The predicted molar refractivity (Wildman–Crippen MR) is 112 cm³/mol. The summed E-state index contributed by atoms with van der Waals surface area (Å²) >= 11 is 6.02. The van der Waals surface area contributed by atoms with Gasteiger partial charge < -0.3 is 14.7 Å². The molecule has 1 aliphatic heterocycles. The summed E-state index contributed by atoms with van der Waals surface area (Å²) in [6.45, 7) is 6.31. The van der Waals surface area contributed by atoms with Crippen LogP contribution in [-0.4, -0.2) is 56.4 Å². The average Bonchev–Trinajstić information content (AvgIpc) is 2.68. The van der Waals surface area contributed by atoms with Gasteiger partial charge in [-0.15, -0.1) is 0 Å². The van der Waals surface area contributed by atoms with Crippen LogP contribution < -0.4 is 9.80 Å². The maximum absolute atomic E-state index is 12.6. The van der Waals surface area contributed by atoms with E-state index in [1.165, 1.54) is 4.90 Å². The first-order valence-corrected chi connectivity index (χ1v) is 9.98.